The van der Waals surface area contributed by atoms with Crippen LogP contribution in [0, 0.1) is 5.92 Å². The van der Waals surface area contributed by atoms with Crippen molar-refractivity contribution >= 4 is 29.9 Å². The van der Waals surface area contributed by atoms with E-state index in [1.165, 1.54) is 0 Å². The van der Waals surface area contributed by atoms with Crippen LogP contribution < -0.4 is 5.32 Å². The number of guanidine groups is 1. The topological polar surface area (TPSA) is 66.3 Å². The van der Waals surface area contributed by atoms with Gasteiger partial charge >= 0.3 is 0 Å². The number of aliphatic hydroxyl groups is 1. The normalized spacial score (nSPS) is 18.3. The number of halogens is 1. The Bertz CT molecular complexity index is 510. The average molecular weight is 477 g/mol. The van der Waals surface area contributed by atoms with E-state index >= 15 is 0 Å². The Balaban J connectivity index is 0.00000338. The Labute approximate surface area is 174 Å². The van der Waals surface area contributed by atoms with Gasteiger partial charge in [0.05, 0.1) is 32.5 Å². The SMILES string of the molecule is CCNC(=NCC(O)COCc1ccccc1)N(C)CC1CCOC1.I. The van der Waals surface area contributed by atoms with Crippen molar-refractivity contribution < 1.29 is 14.6 Å². The maximum absolute atomic E-state index is 10.1. The molecule has 1 aromatic carbocycles. The van der Waals surface area contributed by atoms with Gasteiger partial charge in [0.2, 0.25) is 0 Å². The molecular weight excluding hydrogens is 445 g/mol. The molecule has 2 unspecified atom stereocenters. The van der Waals surface area contributed by atoms with Gasteiger partial charge in [-0.25, -0.2) is 0 Å². The number of hydrogen-bond acceptors (Lipinski definition) is 4. The molecule has 0 saturated carbocycles. The third-order valence-corrected chi connectivity index (χ3v) is 4.13. The van der Waals surface area contributed by atoms with Crippen molar-refractivity contribution in [1.82, 2.24) is 10.2 Å². The predicted molar refractivity (Wildman–Crippen MR) is 115 cm³/mol. The molecule has 1 aromatic rings. The fourth-order valence-electron chi connectivity index (χ4n) is 2.80. The van der Waals surface area contributed by atoms with Gasteiger partial charge in [-0.3, -0.25) is 4.99 Å². The minimum Gasteiger partial charge on any atom is -0.389 e. The van der Waals surface area contributed by atoms with Gasteiger partial charge < -0.3 is 24.8 Å². The van der Waals surface area contributed by atoms with E-state index in [9.17, 15) is 5.11 Å². The Morgan fingerprint density at radius 2 is 2.19 bits per heavy atom. The number of hydrogen-bond donors (Lipinski definition) is 2. The van der Waals surface area contributed by atoms with Crippen LogP contribution in [0.15, 0.2) is 35.3 Å². The highest BCUT2D eigenvalue weighted by molar-refractivity contribution is 14.0. The molecule has 1 saturated heterocycles. The van der Waals surface area contributed by atoms with Crippen molar-refractivity contribution in [3.8, 4) is 0 Å². The van der Waals surface area contributed by atoms with Gasteiger partial charge in [0.25, 0.3) is 0 Å². The first-order valence-corrected chi connectivity index (χ1v) is 9.06. The number of aliphatic imine (C=N–C) groups is 1. The van der Waals surface area contributed by atoms with Gasteiger partial charge in [-0.2, -0.15) is 0 Å². The first kappa shape index (κ1) is 23.1. The van der Waals surface area contributed by atoms with Crippen LogP contribution in [-0.4, -0.2) is 68.6 Å². The summed E-state index contributed by atoms with van der Waals surface area (Å²) in [6, 6.07) is 9.95. The van der Waals surface area contributed by atoms with Crippen molar-refractivity contribution in [2.75, 3.05) is 46.5 Å². The Morgan fingerprint density at radius 3 is 2.85 bits per heavy atom. The summed E-state index contributed by atoms with van der Waals surface area (Å²) in [6.07, 6.45) is 0.486. The summed E-state index contributed by atoms with van der Waals surface area (Å²) in [7, 11) is 2.03. The summed E-state index contributed by atoms with van der Waals surface area (Å²) in [5.41, 5.74) is 1.10. The lowest BCUT2D eigenvalue weighted by Crippen LogP contribution is -2.42. The van der Waals surface area contributed by atoms with Crippen LogP contribution >= 0.6 is 24.0 Å². The lowest BCUT2D eigenvalue weighted by molar-refractivity contribution is 0.0330. The van der Waals surface area contributed by atoms with E-state index in [-0.39, 0.29) is 30.6 Å². The molecule has 2 atom stereocenters. The van der Waals surface area contributed by atoms with E-state index in [1.54, 1.807) is 0 Å². The number of benzene rings is 1. The van der Waals surface area contributed by atoms with Crippen LogP contribution in [0.3, 0.4) is 0 Å². The molecule has 1 aliphatic heterocycles. The zero-order valence-electron chi connectivity index (χ0n) is 15.8. The summed E-state index contributed by atoms with van der Waals surface area (Å²) < 4.78 is 11.0. The number of nitrogens with one attached hydrogen (secondary N) is 1. The number of nitrogens with zero attached hydrogens (tertiary/aromatic N) is 2. The lowest BCUT2D eigenvalue weighted by Gasteiger charge is -2.24. The van der Waals surface area contributed by atoms with Gasteiger partial charge in [0, 0.05) is 32.7 Å². The van der Waals surface area contributed by atoms with Gasteiger partial charge in [-0.05, 0) is 18.9 Å². The van der Waals surface area contributed by atoms with Crippen LogP contribution in [-0.2, 0) is 16.1 Å². The maximum Gasteiger partial charge on any atom is 0.193 e. The van der Waals surface area contributed by atoms with E-state index in [2.05, 4.69) is 15.2 Å². The van der Waals surface area contributed by atoms with Gasteiger partial charge in [-0.15, -0.1) is 24.0 Å². The minimum atomic E-state index is -0.611. The van der Waals surface area contributed by atoms with Crippen LogP contribution in [0.1, 0.15) is 18.9 Å². The van der Waals surface area contributed by atoms with E-state index in [1.807, 2.05) is 44.3 Å². The van der Waals surface area contributed by atoms with Crippen molar-refractivity contribution in [2.45, 2.75) is 26.1 Å². The second-order valence-electron chi connectivity index (χ2n) is 6.46. The molecule has 7 heteroatoms. The highest BCUT2D eigenvalue weighted by Crippen LogP contribution is 2.13. The molecule has 1 heterocycles. The molecule has 0 aromatic heterocycles. The van der Waals surface area contributed by atoms with Crippen molar-refractivity contribution in [3.05, 3.63) is 35.9 Å². The molecule has 0 amide bonds. The van der Waals surface area contributed by atoms with Crippen molar-refractivity contribution in [3.63, 3.8) is 0 Å². The highest BCUT2D eigenvalue weighted by atomic mass is 127. The molecule has 1 aliphatic rings. The van der Waals surface area contributed by atoms with E-state index < -0.39 is 6.10 Å². The molecule has 0 spiro atoms. The molecule has 148 valence electrons. The zero-order valence-corrected chi connectivity index (χ0v) is 18.1. The van der Waals surface area contributed by atoms with Crippen LogP contribution in [0.2, 0.25) is 0 Å². The highest BCUT2D eigenvalue weighted by Gasteiger charge is 2.19. The van der Waals surface area contributed by atoms with E-state index in [4.69, 9.17) is 9.47 Å². The number of aliphatic hydroxyl groups excluding tert-OH is 1. The third-order valence-electron chi connectivity index (χ3n) is 4.13. The van der Waals surface area contributed by atoms with Gasteiger partial charge in [-0.1, -0.05) is 30.3 Å². The fraction of sp³-hybridized carbons (Fsp3) is 0.632. The molecule has 2 rings (SSSR count). The molecule has 1 fully saturated rings. The smallest absolute Gasteiger partial charge is 0.193 e. The van der Waals surface area contributed by atoms with Crippen molar-refractivity contribution in [1.29, 1.82) is 0 Å². The molecule has 2 N–H and O–H groups in total. The van der Waals surface area contributed by atoms with Crippen molar-refractivity contribution in [2.24, 2.45) is 10.9 Å². The second-order valence-corrected chi connectivity index (χ2v) is 6.46. The third kappa shape index (κ3) is 8.66. The molecule has 26 heavy (non-hydrogen) atoms. The van der Waals surface area contributed by atoms with Crippen LogP contribution in [0.25, 0.3) is 0 Å². The van der Waals surface area contributed by atoms with E-state index in [0.717, 1.165) is 44.2 Å². The standard InChI is InChI=1S/C19H31N3O3.HI/c1-3-20-19(22(2)12-17-9-10-24-14-17)21-11-18(23)15-25-13-16-7-5-4-6-8-16;/h4-8,17-18,23H,3,9-15H2,1-2H3,(H,20,21);1H. The molecular formula is C19H32IN3O3. The van der Waals surface area contributed by atoms with Gasteiger partial charge in [0.1, 0.15) is 0 Å². The Hall–Kier alpha value is -0.900. The average Bonchev–Trinajstić information content (AvgIpc) is 3.12. The number of ether oxygens (including phenoxy) is 2. The first-order chi connectivity index (χ1) is 12.2. The van der Waals surface area contributed by atoms with Gasteiger partial charge in [0.15, 0.2) is 5.96 Å². The summed E-state index contributed by atoms with van der Waals surface area (Å²) in [5, 5.41) is 13.4. The minimum absolute atomic E-state index is 0. The monoisotopic (exact) mass is 477 g/mol. The molecule has 0 aliphatic carbocycles. The fourth-order valence-corrected chi connectivity index (χ4v) is 2.80. The number of rotatable bonds is 9. The first-order valence-electron chi connectivity index (χ1n) is 9.06. The summed E-state index contributed by atoms with van der Waals surface area (Å²) >= 11 is 0. The predicted octanol–water partition coefficient (Wildman–Crippen LogP) is 2.12. The zero-order chi connectivity index (χ0) is 17.9. The lowest BCUT2D eigenvalue weighted by atomic mass is 10.1. The molecule has 0 radical (unpaired) electrons. The summed E-state index contributed by atoms with van der Waals surface area (Å²) in [5.74, 6) is 1.37. The largest absolute Gasteiger partial charge is 0.389 e. The summed E-state index contributed by atoms with van der Waals surface area (Å²) in [4.78, 5) is 6.65. The quantitative estimate of drug-likeness (QED) is 0.324. The van der Waals surface area contributed by atoms with E-state index in [0.29, 0.717) is 19.1 Å². The Kier molecular flexibility index (Phi) is 11.8. The Morgan fingerprint density at radius 1 is 1.42 bits per heavy atom. The van der Waals surface area contributed by atoms with Crippen LogP contribution in [0.4, 0.5) is 0 Å². The maximum atomic E-state index is 10.1. The molecule has 6 nitrogen and oxygen atoms in total. The summed E-state index contributed by atoms with van der Waals surface area (Å²) in [6.45, 7) is 6.52. The second kappa shape index (κ2) is 13.3. The van der Waals surface area contributed by atoms with Crippen LogP contribution in [0.5, 0.6) is 0 Å². The molecule has 0 bridgehead atoms.